The number of hydrogen-bond acceptors (Lipinski definition) is 3. The molecule has 0 aromatic heterocycles. The highest BCUT2D eigenvalue weighted by Gasteiger charge is 2.22. The number of halogens is 1. The van der Waals surface area contributed by atoms with Crippen LogP contribution in [0.15, 0.2) is 90.3 Å². The molecule has 0 bridgehead atoms. The summed E-state index contributed by atoms with van der Waals surface area (Å²) < 4.78 is 40.5. The molecule has 0 radical (unpaired) electrons. The molecule has 3 rings (SSSR count). The monoisotopic (exact) mass is 449 g/mol. The quantitative estimate of drug-likeness (QED) is 0.428. The van der Waals surface area contributed by atoms with Crippen LogP contribution < -0.4 is 0 Å². The van der Waals surface area contributed by atoms with Gasteiger partial charge in [0, 0.05) is 17.7 Å². The maximum Gasteiger partial charge on any atom is 0.244 e. The second kappa shape index (κ2) is 10.4. The Labute approximate surface area is 188 Å². The van der Waals surface area contributed by atoms with Crippen LogP contribution in [0.2, 0.25) is 0 Å². The number of sulfonamides is 1. The standard InChI is InChI=1S/C26H24FNO3S/c1-3-18-28(32(30,31)24-16-10-20(2)11-17-24)19-6-8-21-7-4-5-9-25(21)26(29)22-12-14-23(27)15-13-22/h3-5,7,9-17,26,29H,1,18-19H2,2H3. The van der Waals surface area contributed by atoms with E-state index in [2.05, 4.69) is 18.4 Å². The Kier molecular flexibility index (Phi) is 7.60. The van der Waals surface area contributed by atoms with Crippen molar-refractivity contribution in [3.05, 3.63) is 114 Å². The van der Waals surface area contributed by atoms with Crippen molar-refractivity contribution in [2.75, 3.05) is 13.1 Å². The summed E-state index contributed by atoms with van der Waals surface area (Å²) in [4.78, 5) is 0.193. The fourth-order valence-corrected chi connectivity index (χ4v) is 4.46. The molecular formula is C26H24FNO3S. The van der Waals surface area contributed by atoms with Crippen LogP contribution in [-0.2, 0) is 10.0 Å². The molecule has 0 saturated heterocycles. The number of rotatable bonds is 7. The Balaban J connectivity index is 1.86. The molecule has 0 aliphatic heterocycles. The first-order valence-corrected chi connectivity index (χ1v) is 11.5. The van der Waals surface area contributed by atoms with Gasteiger partial charge in [-0.05, 0) is 42.8 Å². The Morgan fingerprint density at radius 3 is 2.38 bits per heavy atom. The normalized spacial score (nSPS) is 12.1. The fraction of sp³-hybridized carbons (Fsp3) is 0.154. The lowest BCUT2D eigenvalue weighted by Gasteiger charge is -2.18. The summed E-state index contributed by atoms with van der Waals surface area (Å²) in [5.74, 6) is 5.50. The average Bonchev–Trinajstić information content (AvgIpc) is 2.79. The minimum Gasteiger partial charge on any atom is -0.384 e. The second-order valence-corrected chi connectivity index (χ2v) is 9.18. The van der Waals surface area contributed by atoms with Gasteiger partial charge in [0.1, 0.15) is 11.9 Å². The van der Waals surface area contributed by atoms with Crippen LogP contribution in [0, 0.1) is 24.6 Å². The zero-order chi connectivity index (χ0) is 23.1. The van der Waals surface area contributed by atoms with E-state index < -0.39 is 16.1 Å². The Hall–Kier alpha value is -3.24. The zero-order valence-corrected chi connectivity index (χ0v) is 18.5. The van der Waals surface area contributed by atoms with E-state index in [4.69, 9.17) is 0 Å². The van der Waals surface area contributed by atoms with Crippen molar-refractivity contribution in [3.63, 3.8) is 0 Å². The van der Waals surface area contributed by atoms with Crippen LogP contribution >= 0.6 is 0 Å². The first-order valence-electron chi connectivity index (χ1n) is 10.0. The zero-order valence-electron chi connectivity index (χ0n) is 17.7. The third-order valence-corrected chi connectivity index (χ3v) is 6.74. The third-order valence-electron chi connectivity index (χ3n) is 4.91. The smallest absolute Gasteiger partial charge is 0.244 e. The molecule has 164 valence electrons. The summed E-state index contributed by atoms with van der Waals surface area (Å²) in [5.41, 5.74) is 2.63. The summed E-state index contributed by atoms with van der Waals surface area (Å²) in [5, 5.41) is 10.7. The van der Waals surface area contributed by atoms with Gasteiger partial charge in [-0.1, -0.05) is 65.9 Å². The molecule has 6 heteroatoms. The molecular weight excluding hydrogens is 425 g/mol. The van der Waals surface area contributed by atoms with Crippen LogP contribution in [-0.4, -0.2) is 30.9 Å². The lowest BCUT2D eigenvalue weighted by Crippen LogP contribution is -2.31. The summed E-state index contributed by atoms with van der Waals surface area (Å²) in [6.45, 7) is 5.62. The van der Waals surface area contributed by atoms with Gasteiger partial charge in [-0.15, -0.1) is 6.58 Å². The molecule has 4 nitrogen and oxygen atoms in total. The summed E-state index contributed by atoms with van der Waals surface area (Å²) in [6.07, 6.45) is 0.529. The van der Waals surface area contributed by atoms with Crippen molar-refractivity contribution in [1.29, 1.82) is 0 Å². The largest absolute Gasteiger partial charge is 0.384 e. The SMILES string of the molecule is C=CCN(CC#Cc1ccccc1C(O)c1ccc(F)cc1)S(=O)(=O)c1ccc(C)cc1. The first kappa shape index (κ1) is 23.4. The minimum atomic E-state index is -3.73. The molecule has 0 aliphatic rings. The molecule has 0 saturated carbocycles. The lowest BCUT2D eigenvalue weighted by molar-refractivity contribution is 0.220. The van der Waals surface area contributed by atoms with Crippen LogP contribution in [0.4, 0.5) is 4.39 Å². The molecule has 3 aromatic rings. The Bertz CT molecular complexity index is 1240. The number of aryl methyl sites for hydroxylation is 1. The summed E-state index contributed by atoms with van der Waals surface area (Å²) in [6, 6.07) is 19.3. The number of aliphatic hydroxyl groups is 1. The molecule has 0 aliphatic carbocycles. The van der Waals surface area contributed by atoms with Crippen LogP contribution in [0.25, 0.3) is 0 Å². The predicted molar refractivity (Wildman–Crippen MR) is 124 cm³/mol. The van der Waals surface area contributed by atoms with Gasteiger partial charge in [-0.3, -0.25) is 0 Å². The van der Waals surface area contributed by atoms with Crippen molar-refractivity contribution in [1.82, 2.24) is 4.31 Å². The maximum absolute atomic E-state index is 13.2. The van der Waals surface area contributed by atoms with E-state index >= 15 is 0 Å². The summed E-state index contributed by atoms with van der Waals surface area (Å²) >= 11 is 0. The van der Waals surface area contributed by atoms with Gasteiger partial charge in [0.2, 0.25) is 10.0 Å². The van der Waals surface area contributed by atoms with Crippen LogP contribution in [0.1, 0.15) is 28.4 Å². The fourth-order valence-electron chi connectivity index (χ4n) is 3.15. The van der Waals surface area contributed by atoms with Crippen LogP contribution in [0.5, 0.6) is 0 Å². The van der Waals surface area contributed by atoms with Gasteiger partial charge >= 0.3 is 0 Å². The Morgan fingerprint density at radius 2 is 1.72 bits per heavy atom. The van der Waals surface area contributed by atoms with Gasteiger partial charge in [0.25, 0.3) is 0 Å². The highest BCUT2D eigenvalue weighted by molar-refractivity contribution is 7.89. The lowest BCUT2D eigenvalue weighted by atomic mass is 9.97. The molecule has 1 N–H and O–H groups in total. The number of hydrogen-bond donors (Lipinski definition) is 1. The van der Waals surface area contributed by atoms with E-state index in [1.807, 2.05) is 6.92 Å². The molecule has 0 spiro atoms. The first-order chi connectivity index (χ1) is 15.3. The molecule has 0 heterocycles. The number of nitrogens with zero attached hydrogens (tertiary/aromatic N) is 1. The molecule has 32 heavy (non-hydrogen) atoms. The third kappa shape index (κ3) is 5.51. The number of aliphatic hydroxyl groups excluding tert-OH is 1. The predicted octanol–water partition coefficient (Wildman–Crippen LogP) is 4.44. The second-order valence-electron chi connectivity index (χ2n) is 7.24. The van der Waals surface area contributed by atoms with Crippen LogP contribution in [0.3, 0.4) is 0 Å². The van der Waals surface area contributed by atoms with Gasteiger partial charge in [-0.2, -0.15) is 4.31 Å². The maximum atomic E-state index is 13.2. The van der Waals surface area contributed by atoms with E-state index in [-0.39, 0.29) is 23.8 Å². The van der Waals surface area contributed by atoms with Crippen molar-refractivity contribution in [2.45, 2.75) is 17.9 Å². The van der Waals surface area contributed by atoms with Crippen molar-refractivity contribution in [3.8, 4) is 11.8 Å². The highest BCUT2D eigenvalue weighted by atomic mass is 32.2. The van der Waals surface area contributed by atoms with E-state index in [0.29, 0.717) is 16.7 Å². The summed E-state index contributed by atoms with van der Waals surface area (Å²) in [7, 11) is -3.73. The molecule has 0 fully saturated rings. The Morgan fingerprint density at radius 1 is 1.06 bits per heavy atom. The van der Waals surface area contributed by atoms with Gasteiger partial charge < -0.3 is 5.11 Å². The molecule has 1 unspecified atom stereocenters. The van der Waals surface area contributed by atoms with E-state index in [0.717, 1.165) is 5.56 Å². The molecule has 0 amide bonds. The van der Waals surface area contributed by atoms with Gasteiger partial charge in [0.15, 0.2) is 0 Å². The minimum absolute atomic E-state index is 0.0385. The van der Waals surface area contributed by atoms with Crippen molar-refractivity contribution < 1.29 is 17.9 Å². The van der Waals surface area contributed by atoms with Gasteiger partial charge in [0.05, 0.1) is 11.4 Å². The number of benzene rings is 3. The van der Waals surface area contributed by atoms with E-state index in [1.165, 1.54) is 34.6 Å². The highest BCUT2D eigenvalue weighted by Crippen LogP contribution is 2.25. The van der Waals surface area contributed by atoms with Crippen molar-refractivity contribution >= 4 is 10.0 Å². The van der Waals surface area contributed by atoms with E-state index in [9.17, 15) is 17.9 Å². The molecule has 1 atom stereocenters. The molecule has 3 aromatic carbocycles. The average molecular weight is 450 g/mol. The van der Waals surface area contributed by atoms with E-state index in [1.54, 1.807) is 48.5 Å². The van der Waals surface area contributed by atoms with Gasteiger partial charge in [-0.25, -0.2) is 12.8 Å². The topological polar surface area (TPSA) is 57.6 Å². The van der Waals surface area contributed by atoms with Crippen molar-refractivity contribution in [2.24, 2.45) is 0 Å².